The monoisotopic (exact) mass is 416 g/mol. The van der Waals surface area contributed by atoms with Gasteiger partial charge in [0.1, 0.15) is 18.5 Å². The van der Waals surface area contributed by atoms with Crippen LogP contribution in [-0.4, -0.2) is 29.2 Å². The van der Waals surface area contributed by atoms with Gasteiger partial charge in [-0.1, -0.05) is 60.7 Å². The minimum atomic E-state index is -0.589. The standard InChI is InChI=1S/C23H20N4O4/c24-22-15(12-25-13-21(22)27(29)30)6-5-11-26-23(28)31-14-20-18-9-3-1-7-16(18)17-8-2-4-10-19(17)20/h1-10,12-13,20H,11,14H2,(H2,24,25)(H,26,28). The van der Waals surface area contributed by atoms with Gasteiger partial charge in [-0.05, 0) is 22.3 Å². The second-order valence-electron chi connectivity index (χ2n) is 7.03. The van der Waals surface area contributed by atoms with Crippen LogP contribution < -0.4 is 11.1 Å². The molecule has 0 saturated heterocycles. The van der Waals surface area contributed by atoms with Crippen LogP contribution in [0.25, 0.3) is 17.2 Å². The Bertz CT molecular complexity index is 1130. The van der Waals surface area contributed by atoms with E-state index in [2.05, 4.69) is 34.6 Å². The van der Waals surface area contributed by atoms with Gasteiger partial charge in [-0.25, -0.2) is 4.79 Å². The highest BCUT2D eigenvalue weighted by Gasteiger charge is 2.28. The number of nitrogens with one attached hydrogen (secondary N) is 1. The number of ether oxygens (including phenoxy) is 1. The van der Waals surface area contributed by atoms with Crippen molar-refractivity contribution in [3.8, 4) is 11.1 Å². The smallest absolute Gasteiger partial charge is 0.407 e. The van der Waals surface area contributed by atoms with Crippen molar-refractivity contribution in [2.45, 2.75) is 5.92 Å². The molecule has 3 N–H and O–H groups in total. The molecule has 0 saturated carbocycles. The molecule has 1 aliphatic rings. The van der Waals surface area contributed by atoms with Crippen LogP contribution >= 0.6 is 0 Å². The summed E-state index contributed by atoms with van der Waals surface area (Å²) in [6, 6.07) is 16.2. The summed E-state index contributed by atoms with van der Waals surface area (Å²) in [6.07, 6.45) is 5.17. The van der Waals surface area contributed by atoms with Crippen molar-refractivity contribution < 1.29 is 14.5 Å². The molecule has 0 fully saturated rings. The van der Waals surface area contributed by atoms with Gasteiger partial charge in [0.2, 0.25) is 0 Å². The molecule has 31 heavy (non-hydrogen) atoms. The van der Waals surface area contributed by atoms with Gasteiger partial charge in [0.05, 0.1) is 4.92 Å². The number of amides is 1. The SMILES string of the molecule is Nc1c(C=CCNC(=O)OCC2c3ccccc3-c3ccccc32)cncc1[N+](=O)[O-]. The Hall–Kier alpha value is -4.20. The maximum Gasteiger partial charge on any atom is 0.407 e. The van der Waals surface area contributed by atoms with E-state index in [9.17, 15) is 14.9 Å². The number of pyridine rings is 1. The van der Waals surface area contributed by atoms with Gasteiger partial charge in [-0.15, -0.1) is 0 Å². The summed E-state index contributed by atoms with van der Waals surface area (Å²) in [5.74, 6) is -0.00978. The third-order valence-electron chi connectivity index (χ3n) is 5.20. The van der Waals surface area contributed by atoms with Crippen molar-refractivity contribution in [3.63, 3.8) is 0 Å². The van der Waals surface area contributed by atoms with Crippen molar-refractivity contribution in [3.05, 3.63) is 93.8 Å². The van der Waals surface area contributed by atoms with Crippen LogP contribution in [0.1, 0.15) is 22.6 Å². The molecule has 3 aromatic rings. The van der Waals surface area contributed by atoms with Crippen LogP contribution in [0, 0.1) is 10.1 Å². The van der Waals surface area contributed by atoms with Crippen LogP contribution in [0.15, 0.2) is 67.0 Å². The first-order valence-electron chi connectivity index (χ1n) is 9.69. The van der Waals surface area contributed by atoms with E-state index < -0.39 is 11.0 Å². The van der Waals surface area contributed by atoms with Crippen molar-refractivity contribution >= 4 is 23.5 Å². The minimum Gasteiger partial charge on any atom is -0.449 e. The molecule has 0 spiro atoms. The van der Waals surface area contributed by atoms with Gasteiger partial charge >= 0.3 is 11.8 Å². The molecule has 8 nitrogen and oxygen atoms in total. The van der Waals surface area contributed by atoms with E-state index in [1.165, 1.54) is 6.20 Å². The van der Waals surface area contributed by atoms with Crippen molar-refractivity contribution in [1.82, 2.24) is 10.3 Å². The van der Waals surface area contributed by atoms with Crippen LogP contribution in [-0.2, 0) is 4.74 Å². The number of nitrogens with two attached hydrogens (primary N) is 1. The van der Waals surface area contributed by atoms with Gasteiger partial charge < -0.3 is 15.8 Å². The number of nitrogen functional groups attached to an aromatic ring is 1. The highest BCUT2D eigenvalue weighted by Crippen LogP contribution is 2.44. The Morgan fingerprint density at radius 3 is 2.42 bits per heavy atom. The molecule has 1 aromatic heterocycles. The summed E-state index contributed by atoms with van der Waals surface area (Å²) in [5.41, 5.74) is 10.6. The summed E-state index contributed by atoms with van der Waals surface area (Å²) in [7, 11) is 0. The van der Waals surface area contributed by atoms with Crippen molar-refractivity contribution in [2.75, 3.05) is 18.9 Å². The summed E-state index contributed by atoms with van der Waals surface area (Å²) >= 11 is 0. The van der Waals surface area contributed by atoms with Crippen LogP contribution in [0.4, 0.5) is 16.2 Å². The van der Waals surface area contributed by atoms with Gasteiger partial charge in [0, 0.05) is 24.2 Å². The average Bonchev–Trinajstić information content (AvgIpc) is 3.10. The molecule has 0 atom stereocenters. The number of carbonyl (C=O) groups excluding carboxylic acids is 1. The van der Waals surface area contributed by atoms with Crippen LogP contribution in [0.5, 0.6) is 0 Å². The molecule has 2 aromatic carbocycles. The van der Waals surface area contributed by atoms with Crippen LogP contribution in [0.3, 0.4) is 0 Å². The number of rotatable bonds is 6. The number of fused-ring (bicyclic) bond motifs is 3. The number of hydrogen-bond donors (Lipinski definition) is 2. The minimum absolute atomic E-state index is 0.00978. The van der Waals surface area contributed by atoms with E-state index in [1.54, 1.807) is 12.2 Å². The van der Waals surface area contributed by atoms with E-state index in [1.807, 2.05) is 24.3 Å². The summed E-state index contributed by atoms with van der Waals surface area (Å²) in [6.45, 7) is 0.407. The molecule has 0 aliphatic heterocycles. The molecule has 1 aliphatic carbocycles. The quantitative estimate of drug-likeness (QED) is 0.461. The highest BCUT2D eigenvalue weighted by molar-refractivity contribution is 5.79. The maximum atomic E-state index is 12.2. The molecule has 0 bridgehead atoms. The fourth-order valence-electron chi connectivity index (χ4n) is 3.73. The van der Waals surface area contributed by atoms with Gasteiger partial charge in [-0.2, -0.15) is 0 Å². The highest BCUT2D eigenvalue weighted by atomic mass is 16.6. The average molecular weight is 416 g/mol. The number of nitro groups is 1. The Morgan fingerprint density at radius 1 is 1.13 bits per heavy atom. The van der Waals surface area contributed by atoms with Crippen LogP contribution in [0.2, 0.25) is 0 Å². The zero-order valence-corrected chi connectivity index (χ0v) is 16.5. The van der Waals surface area contributed by atoms with E-state index in [4.69, 9.17) is 10.5 Å². The van der Waals surface area contributed by atoms with Gasteiger partial charge in [-0.3, -0.25) is 15.1 Å². The van der Waals surface area contributed by atoms with E-state index in [0.29, 0.717) is 5.56 Å². The third kappa shape index (κ3) is 4.09. The lowest BCUT2D eigenvalue weighted by Gasteiger charge is -2.14. The predicted octanol–water partition coefficient (Wildman–Crippen LogP) is 4.12. The summed E-state index contributed by atoms with van der Waals surface area (Å²) in [4.78, 5) is 26.3. The zero-order valence-electron chi connectivity index (χ0n) is 16.5. The normalized spacial score (nSPS) is 12.4. The predicted molar refractivity (Wildman–Crippen MR) is 117 cm³/mol. The number of anilines is 1. The van der Waals surface area contributed by atoms with Gasteiger partial charge in [0.25, 0.3) is 0 Å². The lowest BCUT2D eigenvalue weighted by atomic mass is 9.98. The Kier molecular flexibility index (Phi) is 5.61. The lowest BCUT2D eigenvalue weighted by Crippen LogP contribution is -2.26. The number of carbonyl (C=O) groups is 1. The second-order valence-corrected chi connectivity index (χ2v) is 7.03. The molecule has 4 rings (SSSR count). The van der Waals surface area contributed by atoms with E-state index in [-0.39, 0.29) is 30.4 Å². The Morgan fingerprint density at radius 2 is 1.77 bits per heavy atom. The van der Waals surface area contributed by atoms with Gasteiger partial charge in [0.15, 0.2) is 0 Å². The molecular weight excluding hydrogens is 396 g/mol. The van der Waals surface area contributed by atoms with Crippen molar-refractivity contribution in [1.29, 1.82) is 0 Å². The maximum absolute atomic E-state index is 12.2. The fourth-order valence-corrected chi connectivity index (χ4v) is 3.73. The second kappa shape index (κ2) is 8.66. The Balaban J connectivity index is 1.34. The first-order valence-corrected chi connectivity index (χ1v) is 9.69. The van der Waals surface area contributed by atoms with E-state index >= 15 is 0 Å². The zero-order chi connectivity index (χ0) is 21.8. The first-order chi connectivity index (χ1) is 15.1. The lowest BCUT2D eigenvalue weighted by molar-refractivity contribution is -0.384. The summed E-state index contributed by atoms with van der Waals surface area (Å²) in [5, 5.41) is 13.6. The topological polar surface area (TPSA) is 120 Å². The molecule has 0 radical (unpaired) electrons. The number of alkyl carbamates (subject to hydrolysis) is 1. The largest absolute Gasteiger partial charge is 0.449 e. The molecule has 156 valence electrons. The van der Waals surface area contributed by atoms with E-state index in [0.717, 1.165) is 28.5 Å². The fraction of sp³-hybridized carbons (Fsp3) is 0.130. The molecular formula is C23H20N4O4. The molecule has 0 unspecified atom stereocenters. The molecule has 1 amide bonds. The number of hydrogen-bond acceptors (Lipinski definition) is 6. The number of aromatic nitrogens is 1. The molecule has 1 heterocycles. The number of benzene rings is 2. The number of nitrogens with zero attached hydrogens (tertiary/aromatic N) is 2. The summed E-state index contributed by atoms with van der Waals surface area (Å²) < 4.78 is 5.46. The Labute approximate surface area is 178 Å². The van der Waals surface area contributed by atoms with Crippen molar-refractivity contribution in [2.24, 2.45) is 0 Å². The first kappa shape index (κ1) is 20.1. The third-order valence-corrected chi connectivity index (χ3v) is 5.20. The molecule has 8 heteroatoms.